The number of carbonyl (C=O) groups is 1. The monoisotopic (exact) mass is 274 g/mol. The molecule has 0 bridgehead atoms. The summed E-state index contributed by atoms with van der Waals surface area (Å²) in [5.74, 6) is 0.885. The number of carbonyl (C=O) groups excluding carboxylic acids is 1. The van der Waals surface area contributed by atoms with Crippen molar-refractivity contribution in [3.8, 4) is 5.75 Å². The van der Waals surface area contributed by atoms with Crippen molar-refractivity contribution in [2.75, 3.05) is 13.6 Å². The van der Waals surface area contributed by atoms with Gasteiger partial charge in [-0.1, -0.05) is 17.3 Å². The Morgan fingerprint density at radius 3 is 2.95 bits per heavy atom. The Balaban J connectivity index is 1.95. The molecule has 1 aromatic carbocycles. The molecular weight excluding hydrogens is 256 g/mol. The molecule has 2 aliphatic rings. The zero-order valence-corrected chi connectivity index (χ0v) is 11.5. The van der Waals surface area contributed by atoms with Gasteiger partial charge in [0.25, 0.3) is 0 Å². The summed E-state index contributed by atoms with van der Waals surface area (Å²) < 4.78 is 6.20. The molecule has 3 rings (SSSR count). The lowest BCUT2D eigenvalue weighted by atomic mass is 9.84. The van der Waals surface area contributed by atoms with Gasteiger partial charge in [-0.25, -0.2) is 0 Å². The first-order chi connectivity index (χ1) is 9.63. The summed E-state index contributed by atoms with van der Waals surface area (Å²) in [6, 6.07) is 7.58. The molecule has 2 heterocycles. The van der Waals surface area contributed by atoms with Crippen LogP contribution in [-0.2, 0) is 4.79 Å². The van der Waals surface area contributed by atoms with E-state index >= 15 is 0 Å². The van der Waals surface area contributed by atoms with Crippen LogP contribution in [0.3, 0.4) is 0 Å². The van der Waals surface area contributed by atoms with E-state index in [1.165, 1.54) is 0 Å². The number of nitrogens with zero attached hydrogens (tertiary/aromatic N) is 2. The fourth-order valence-electron chi connectivity index (χ4n) is 2.98. The van der Waals surface area contributed by atoms with Crippen molar-refractivity contribution >= 4 is 11.6 Å². The Kier molecular flexibility index (Phi) is 3.12. The second-order valence-electron chi connectivity index (χ2n) is 5.57. The highest BCUT2D eigenvalue weighted by atomic mass is 16.5. The molecule has 1 aromatic rings. The maximum Gasteiger partial charge on any atom is 0.222 e. The molecule has 1 saturated heterocycles. The maximum absolute atomic E-state index is 11.8. The van der Waals surface area contributed by atoms with Crippen LogP contribution in [0, 0.1) is 0 Å². The van der Waals surface area contributed by atoms with Gasteiger partial charge in [0.2, 0.25) is 5.91 Å². The topological polar surface area (TPSA) is 62.1 Å². The number of fused-ring (bicyclic) bond motifs is 1. The summed E-state index contributed by atoms with van der Waals surface area (Å²) in [5, 5.41) is 12.7. The highest BCUT2D eigenvalue weighted by Crippen LogP contribution is 2.39. The third kappa shape index (κ3) is 2.13. The van der Waals surface area contributed by atoms with Crippen LogP contribution >= 0.6 is 0 Å². The van der Waals surface area contributed by atoms with Crippen LogP contribution in [0.2, 0.25) is 0 Å². The number of benzene rings is 1. The lowest BCUT2D eigenvalue weighted by Crippen LogP contribution is -2.43. The quantitative estimate of drug-likeness (QED) is 0.581. The summed E-state index contributed by atoms with van der Waals surface area (Å²) in [4.78, 5) is 13.6. The normalized spacial score (nSPS) is 28.1. The fraction of sp³-hybridized carbons (Fsp3) is 0.467. The molecule has 0 aromatic heterocycles. The van der Waals surface area contributed by atoms with E-state index < -0.39 is 5.60 Å². The molecule has 1 fully saturated rings. The van der Waals surface area contributed by atoms with Crippen molar-refractivity contribution in [1.29, 1.82) is 0 Å². The van der Waals surface area contributed by atoms with Crippen LogP contribution in [0.5, 0.6) is 5.75 Å². The van der Waals surface area contributed by atoms with E-state index in [0.717, 1.165) is 17.7 Å². The van der Waals surface area contributed by atoms with E-state index in [9.17, 15) is 10.0 Å². The molecule has 0 radical (unpaired) electrons. The molecular formula is C15H18N2O3. The SMILES string of the molecule is CN1CCC2(CCC1=O)CC(=NO)c1ccccc1O2. The van der Waals surface area contributed by atoms with Gasteiger partial charge in [-0.05, 0) is 18.6 Å². The Hall–Kier alpha value is -2.04. The van der Waals surface area contributed by atoms with Crippen LogP contribution in [0.1, 0.15) is 31.2 Å². The molecule has 1 amide bonds. The third-order valence-electron chi connectivity index (χ3n) is 4.26. The minimum Gasteiger partial charge on any atom is -0.486 e. The molecule has 20 heavy (non-hydrogen) atoms. The van der Waals surface area contributed by atoms with Gasteiger partial charge < -0.3 is 14.8 Å². The van der Waals surface area contributed by atoms with Crippen LogP contribution in [0.4, 0.5) is 0 Å². The Morgan fingerprint density at radius 2 is 2.15 bits per heavy atom. The molecule has 0 aliphatic carbocycles. The number of rotatable bonds is 0. The number of ether oxygens (including phenoxy) is 1. The van der Waals surface area contributed by atoms with Gasteiger partial charge in [0.05, 0.1) is 5.71 Å². The van der Waals surface area contributed by atoms with Crippen molar-refractivity contribution in [2.45, 2.75) is 31.3 Å². The minimum atomic E-state index is -0.434. The molecule has 2 aliphatic heterocycles. The van der Waals surface area contributed by atoms with Crippen LogP contribution in [0.25, 0.3) is 0 Å². The number of likely N-dealkylation sites (tertiary alicyclic amines) is 1. The second kappa shape index (κ2) is 4.81. The van der Waals surface area contributed by atoms with Crippen LogP contribution in [-0.4, -0.2) is 40.9 Å². The van der Waals surface area contributed by atoms with E-state index in [-0.39, 0.29) is 5.91 Å². The highest BCUT2D eigenvalue weighted by Gasteiger charge is 2.41. The second-order valence-corrected chi connectivity index (χ2v) is 5.57. The number of oxime groups is 1. The minimum absolute atomic E-state index is 0.145. The highest BCUT2D eigenvalue weighted by molar-refractivity contribution is 6.04. The molecule has 1 N–H and O–H groups in total. The summed E-state index contributed by atoms with van der Waals surface area (Å²) in [6.45, 7) is 0.666. The average molecular weight is 274 g/mol. The van der Waals surface area contributed by atoms with Crippen molar-refractivity contribution in [3.63, 3.8) is 0 Å². The third-order valence-corrected chi connectivity index (χ3v) is 4.26. The van der Waals surface area contributed by atoms with Gasteiger partial charge in [-0.3, -0.25) is 4.79 Å². The molecule has 1 spiro atoms. The van der Waals surface area contributed by atoms with Gasteiger partial charge in [0.1, 0.15) is 11.4 Å². The first kappa shape index (κ1) is 13.0. The van der Waals surface area contributed by atoms with Gasteiger partial charge in [-0.15, -0.1) is 0 Å². The van der Waals surface area contributed by atoms with Gasteiger partial charge in [0.15, 0.2) is 0 Å². The molecule has 5 heteroatoms. The van der Waals surface area contributed by atoms with E-state index in [0.29, 0.717) is 31.5 Å². The van der Waals surface area contributed by atoms with Crippen molar-refractivity contribution in [1.82, 2.24) is 4.90 Å². The van der Waals surface area contributed by atoms with Crippen molar-refractivity contribution in [3.05, 3.63) is 29.8 Å². The Bertz CT molecular complexity index is 570. The summed E-state index contributed by atoms with van der Waals surface area (Å²) in [6.07, 6.45) is 2.42. The number of hydrogen-bond donors (Lipinski definition) is 1. The average Bonchev–Trinajstić information content (AvgIpc) is 2.61. The number of amides is 1. The van der Waals surface area contributed by atoms with E-state index in [1.807, 2.05) is 31.3 Å². The Morgan fingerprint density at radius 1 is 1.35 bits per heavy atom. The van der Waals surface area contributed by atoms with Crippen molar-refractivity contribution in [2.24, 2.45) is 5.16 Å². The maximum atomic E-state index is 11.8. The van der Waals surface area contributed by atoms with E-state index in [4.69, 9.17) is 4.74 Å². The first-order valence-corrected chi connectivity index (χ1v) is 6.87. The lowest BCUT2D eigenvalue weighted by Gasteiger charge is -2.38. The van der Waals surface area contributed by atoms with Gasteiger partial charge in [-0.2, -0.15) is 0 Å². The summed E-state index contributed by atoms with van der Waals surface area (Å²) in [5.41, 5.74) is 1.05. The van der Waals surface area contributed by atoms with Crippen molar-refractivity contribution < 1.29 is 14.7 Å². The Labute approximate surface area is 117 Å². The fourth-order valence-corrected chi connectivity index (χ4v) is 2.98. The van der Waals surface area contributed by atoms with Gasteiger partial charge >= 0.3 is 0 Å². The number of hydrogen-bond acceptors (Lipinski definition) is 4. The summed E-state index contributed by atoms with van der Waals surface area (Å²) in [7, 11) is 1.82. The molecule has 0 saturated carbocycles. The predicted molar refractivity (Wildman–Crippen MR) is 74.2 cm³/mol. The number of para-hydroxylation sites is 1. The van der Waals surface area contributed by atoms with Gasteiger partial charge in [0, 0.05) is 38.4 Å². The summed E-state index contributed by atoms with van der Waals surface area (Å²) >= 11 is 0. The van der Waals surface area contributed by atoms with E-state index in [1.54, 1.807) is 4.90 Å². The molecule has 1 unspecified atom stereocenters. The molecule has 1 atom stereocenters. The predicted octanol–water partition coefficient (Wildman–Crippen LogP) is 2.03. The zero-order chi connectivity index (χ0) is 14.2. The lowest BCUT2D eigenvalue weighted by molar-refractivity contribution is -0.129. The smallest absolute Gasteiger partial charge is 0.222 e. The first-order valence-electron chi connectivity index (χ1n) is 6.87. The zero-order valence-electron chi connectivity index (χ0n) is 11.5. The van der Waals surface area contributed by atoms with Crippen LogP contribution < -0.4 is 4.74 Å². The molecule has 5 nitrogen and oxygen atoms in total. The van der Waals surface area contributed by atoms with Crippen LogP contribution in [0.15, 0.2) is 29.4 Å². The van der Waals surface area contributed by atoms with E-state index in [2.05, 4.69) is 5.16 Å². The largest absolute Gasteiger partial charge is 0.486 e. The molecule has 106 valence electrons. The standard InChI is InChI=1S/C15H18N2O3/c1-17-9-8-15(7-6-14(17)18)10-12(16-19)11-4-2-3-5-13(11)20-15/h2-5,19H,6-10H2,1H3.